The standard InChI is InChI=1S/C15H17F3N4O2S/c1-3-6-22-11-7-9(15(16,17)18)4-5-10(11)20-14(22)25-8(2)12(23)21-13(19)24/h4-5,7-8H,3,6H2,1-2H3,(H3,19,21,23,24)/t8-/m1/s1. The van der Waals surface area contributed by atoms with E-state index >= 15 is 0 Å². The Balaban J connectivity index is 2.40. The zero-order chi connectivity index (χ0) is 18.8. The summed E-state index contributed by atoms with van der Waals surface area (Å²) in [5.74, 6) is -0.594. The molecule has 0 aliphatic rings. The van der Waals surface area contributed by atoms with E-state index in [2.05, 4.69) is 4.98 Å². The third kappa shape index (κ3) is 4.44. The number of rotatable bonds is 5. The number of amides is 3. The molecule has 0 saturated carbocycles. The number of halogens is 3. The molecule has 2 rings (SSSR count). The predicted molar refractivity (Wildman–Crippen MR) is 88.1 cm³/mol. The highest BCUT2D eigenvalue weighted by atomic mass is 32.2. The topological polar surface area (TPSA) is 90.0 Å². The van der Waals surface area contributed by atoms with Crippen LogP contribution in [0, 0.1) is 0 Å². The van der Waals surface area contributed by atoms with Crippen molar-refractivity contribution in [3.05, 3.63) is 23.8 Å². The molecule has 0 spiro atoms. The molecule has 0 bridgehead atoms. The first-order valence-electron chi connectivity index (χ1n) is 7.48. The number of hydrogen-bond acceptors (Lipinski definition) is 4. The molecule has 0 aliphatic heterocycles. The van der Waals surface area contributed by atoms with E-state index in [0.29, 0.717) is 29.2 Å². The zero-order valence-electron chi connectivity index (χ0n) is 13.6. The van der Waals surface area contributed by atoms with Crippen molar-refractivity contribution < 1.29 is 22.8 Å². The normalized spacial score (nSPS) is 13.0. The molecule has 1 aromatic heterocycles. The first-order valence-corrected chi connectivity index (χ1v) is 8.36. The molecule has 25 heavy (non-hydrogen) atoms. The van der Waals surface area contributed by atoms with Crippen LogP contribution in [-0.2, 0) is 17.5 Å². The van der Waals surface area contributed by atoms with Crippen LogP contribution < -0.4 is 11.1 Å². The number of nitrogens with one attached hydrogen (secondary N) is 1. The third-order valence-corrected chi connectivity index (χ3v) is 4.48. The lowest BCUT2D eigenvalue weighted by atomic mass is 10.2. The minimum Gasteiger partial charge on any atom is -0.351 e. The molecule has 0 saturated heterocycles. The molecule has 0 aliphatic carbocycles. The number of hydrogen-bond donors (Lipinski definition) is 2. The molecule has 3 N–H and O–H groups in total. The number of imidazole rings is 1. The lowest BCUT2D eigenvalue weighted by Gasteiger charge is -2.12. The van der Waals surface area contributed by atoms with Crippen LogP contribution in [0.5, 0.6) is 0 Å². The fourth-order valence-corrected chi connectivity index (χ4v) is 3.19. The van der Waals surface area contributed by atoms with Gasteiger partial charge in [-0.25, -0.2) is 9.78 Å². The zero-order valence-corrected chi connectivity index (χ0v) is 14.4. The summed E-state index contributed by atoms with van der Waals surface area (Å²) in [6.07, 6.45) is -3.77. The van der Waals surface area contributed by atoms with Crippen LogP contribution in [0.3, 0.4) is 0 Å². The lowest BCUT2D eigenvalue weighted by Crippen LogP contribution is -2.39. The maximum absolute atomic E-state index is 12.9. The molecule has 10 heteroatoms. The van der Waals surface area contributed by atoms with E-state index in [1.165, 1.54) is 6.07 Å². The highest BCUT2D eigenvalue weighted by Gasteiger charge is 2.31. The number of urea groups is 1. The van der Waals surface area contributed by atoms with Crippen LogP contribution in [0.4, 0.5) is 18.0 Å². The van der Waals surface area contributed by atoms with Crippen LogP contribution >= 0.6 is 11.8 Å². The molecule has 136 valence electrons. The Morgan fingerprint density at radius 2 is 2.08 bits per heavy atom. The van der Waals surface area contributed by atoms with Crippen molar-refractivity contribution in [2.75, 3.05) is 0 Å². The van der Waals surface area contributed by atoms with E-state index in [1.807, 2.05) is 12.2 Å². The first kappa shape index (κ1) is 19.1. The summed E-state index contributed by atoms with van der Waals surface area (Å²) >= 11 is 1.05. The van der Waals surface area contributed by atoms with Gasteiger partial charge >= 0.3 is 12.2 Å². The smallest absolute Gasteiger partial charge is 0.351 e. The molecule has 6 nitrogen and oxygen atoms in total. The second-order valence-corrected chi connectivity index (χ2v) is 6.67. The summed E-state index contributed by atoms with van der Waals surface area (Å²) < 4.78 is 40.5. The maximum Gasteiger partial charge on any atom is 0.416 e. The van der Waals surface area contributed by atoms with Crippen molar-refractivity contribution >= 4 is 34.7 Å². The molecule has 0 fully saturated rings. The molecule has 1 atom stereocenters. The Bertz CT molecular complexity index is 804. The minimum absolute atomic E-state index is 0.349. The SMILES string of the molecule is CCCn1c(S[C@H](C)C(=O)NC(N)=O)nc2ccc(C(F)(F)F)cc21. The van der Waals surface area contributed by atoms with Crippen molar-refractivity contribution in [3.8, 4) is 0 Å². The Morgan fingerprint density at radius 3 is 2.64 bits per heavy atom. The second-order valence-electron chi connectivity index (χ2n) is 5.36. The number of imide groups is 1. The summed E-state index contributed by atoms with van der Waals surface area (Å²) in [5.41, 5.74) is 4.91. The second kappa shape index (κ2) is 7.34. The molecule has 1 aromatic carbocycles. The van der Waals surface area contributed by atoms with E-state index in [9.17, 15) is 22.8 Å². The maximum atomic E-state index is 12.9. The Morgan fingerprint density at radius 1 is 1.40 bits per heavy atom. The van der Waals surface area contributed by atoms with Crippen LogP contribution in [0.1, 0.15) is 25.8 Å². The van der Waals surface area contributed by atoms with Gasteiger partial charge in [0.1, 0.15) is 0 Å². The number of benzene rings is 1. The molecule has 0 radical (unpaired) electrons. The van der Waals surface area contributed by atoms with Gasteiger partial charge in [-0.1, -0.05) is 18.7 Å². The number of primary amides is 1. The van der Waals surface area contributed by atoms with Crippen molar-refractivity contribution in [1.82, 2.24) is 14.9 Å². The quantitative estimate of drug-likeness (QED) is 0.787. The summed E-state index contributed by atoms with van der Waals surface area (Å²) in [6.45, 7) is 3.89. The van der Waals surface area contributed by atoms with Gasteiger partial charge in [0.05, 0.1) is 21.8 Å². The molecular weight excluding hydrogens is 357 g/mol. The molecule has 1 heterocycles. The largest absolute Gasteiger partial charge is 0.416 e. The fraction of sp³-hybridized carbons (Fsp3) is 0.400. The lowest BCUT2D eigenvalue weighted by molar-refractivity contribution is -0.137. The number of aromatic nitrogens is 2. The van der Waals surface area contributed by atoms with Gasteiger partial charge in [-0.2, -0.15) is 13.2 Å². The first-order chi connectivity index (χ1) is 11.6. The number of fused-ring (bicyclic) bond motifs is 1. The molecule has 2 aromatic rings. The van der Waals surface area contributed by atoms with Crippen LogP contribution in [-0.4, -0.2) is 26.7 Å². The van der Waals surface area contributed by atoms with Crippen LogP contribution in [0.2, 0.25) is 0 Å². The van der Waals surface area contributed by atoms with Gasteiger partial charge in [0, 0.05) is 6.54 Å². The monoisotopic (exact) mass is 374 g/mol. The van der Waals surface area contributed by atoms with Gasteiger partial charge in [-0.05, 0) is 31.5 Å². The Labute approximate surface area is 146 Å². The summed E-state index contributed by atoms with van der Waals surface area (Å²) in [6, 6.07) is 2.37. The number of nitrogens with two attached hydrogens (primary N) is 1. The molecule has 0 unspecified atom stereocenters. The summed E-state index contributed by atoms with van der Waals surface area (Å²) in [5, 5.41) is 1.68. The average molecular weight is 374 g/mol. The van der Waals surface area contributed by atoms with Gasteiger partial charge < -0.3 is 10.3 Å². The molecular formula is C15H17F3N4O2S. The minimum atomic E-state index is -4.45. The van der Waals surface area contributed by atoms with Crippen molar-refractivity contribution in [1.29, 1.82) is 0 Å². The highest BCUT2D eigenvalue weighted by molar-refractivity contribution is 8.00. The predicted octanol–water partition coefficient (Wildman–Crippen LogP) is 3.14. The van der Waals surface area contributed by atoms with E-state index in [4.69, 9.17) is 5.73 Å². The number of thioether (sulfide) groups is 1. The van der Waals surface area contributed by atoms with Gasteiger partial charge in [0.15, 0.2) is 5.16 Å². The number of alkyl halides is 3. The van der Waals surface area contributed by atoms with E-state index in [-0.39, 0.29) is 0 Å². The van der Waals surface area contributed by atoms with Gasteiger partial charge in [0.2, 0.25) is 5.91 Å². The van der Waals surface area contributed by atoms with E-state index in [0.717, 1.165) is 23.9 Å². The van der Waals surface area contributed by atoms with Crippen molar-refractivity contribution in [2.45, 2.75) is 43.4 Å². The van der Waals surface area contributed by atoms with E-state index in [1.54, 1.807) is 11.5 Å². The molecule has 3 amide bonds. The van der Waals surface area contributed by atoms with Crippen molar-refractivity contribution in [3.63, 3.8) is 0 Å². The van der Waals surface area contributed by atoms with Gasteiger partial charge in [-0.15, -0.1) is 0 Å². The summed E-state index contributed by atoms with van der Waals surface area (Å²) in [4.78, 5) is 26.9. The van der Waals surface area contributed by atoms with E-state index < -0.39 is 28.9 Å². The van der Waals surface area contributed by atoms with Crippen LogP contribution in [0.15, 0.2) is 23.4 Å². The van der Waals surface area contributed by atoms with Gasteiger partial charge in [-0.3, -0.25) is 10.1 Å². The third-order valence-electron chi connectivity index (χ3n) is 3.39. The number of carbonyl (C=O) groups excluding carboxylic acids is 2. The fourth-order valence-electron chi connectivity index (χ4n) is 2.24. The Kier molecular flexibility index (Phi) is 5.61. The average Bonchev–Trinajstić information content (AvgIpc) is 2.83. The number of nitrogens with zero attached hydrogens (tertiary/aromatic N) is 2. The van der Waals surface area contributed by atoms with Crippen LogP contribution in [0.25, 0.3) is 11.0 Å². The number of aryl methyl sites for hydroxylation is 1. The van der Waals surface area contributed by atoms with Gasteiger partial charge in [0.25, 0.3) is 0 Å². The number of carbonyl (C=O) groups is 2. The van der Waals surface area contributed by atoms with Crippen molar-refractivity contribution in [2.24, 2.45) is 5.73 Å². The Hall–Kier alpha value is -2.23. The summed E-state index contributed by atoms with van der Waals surface area (Å²) in [7, 11) is 0. The highest BCUT2D eigenvalue weighted by Crippen LogP contribution is 2.33.